The average Bonchev–Trinajstić information content (AvgIpc) is 2.70. The standard InChI is InChI=1S/C22H28ClNO3/c1-3-16-13-18(23)8-10-21(16)27-19(4-2)22(25)24-14-15-7-9-20-17(12-15)6-5-11-26-20/h7-10,12,18-19H,3-6,11,13-14H2,1-2H3,(H,24,25). The second kappa shape index (κ2) is 9.32. The Hall–Kier alpha value is -1.94. The molecule has 1 amide bonds. The zero-order valence-corrected chi connectivity index (χ0v) is 16.8. The minimum atomic E-state index is -0.501. The van der Waals surface area contributed by atoms with Crippen LogP contribution in [0.5, 0.6) is 5.75 Å². The molecular weight excluding hydrogens is 362 g/mol. The maximum atomic E-state index is 12.6. The summed E-state index contributed by atoms with van der Waals surface area (Å²) < 4.78 is 11.7. The van der Waals surface area contributed by atoms with Gasteiger partial charge in [0.25, 0.3) is 5.91 Å². The lowest BCUT2D eigenvalue weighted by atomic mass is 10.0. The van der Waals surface area contributed by atoms with Crippen molar-refractivity contribution >= 4 is 17.5 Å². The van der Waals surface area contributed by atoms with E-state index in [1.165, 1.54) is 11.1 Å². The van der Waals surface area contributed by atoms with Crippen LogP contribution >= 0.6 is 11.6 Å². The predicted octanol–water partition coefficient (Wildman–Crippen LogP) is 4.65. The fourth-order valence-electron chi connectivity index (χ4n) is 3.46. The molecule has 4 nitrogen and oxygen atoms in total. The van der Waals surface area contributed by atoms with Gasteiger partial charge in [0.1, 0.15) is 11.5 Å². The molecule has 1 aromatic carbocycles. The fraction of sp³-hybridized carbons (Fsp3) is 0.500. The number of allylic oxidation sites excluding steroid dienone is 3. The molecule has 0 aromatic heterocycles. The lowest BCUT2D eigenvalue weighted by molar-refractivity contribution is -0.130. The third kappa shape index (κ3) is 5.07. The van der Waals surface area contributed by atoms with E-state index in [1.807, 2.05) is 31.2 Å². The van der Waals surface area contributed by atoms with E-state index in [2.05, 4.69) is 18.3 Å². The van der Waals surface area contributed by atoms with Gasteiger partial charge in [-0.05, 0) is 60.9 Å². The van der Waals surface area contributed by atoms with Gasteiger partial charge in [0.2, 0.25) is 0 Å². The van der Waals surface area contributed by atoms with E-state index >= 15 is 0 Å². The van der Waals surface area contributed by atoms with E-state index in [-0.39, 0.29) is 11.3 Å². The summed E-state index contributed by atoms with van der Waals surface area (Å²) in [7, 11) is 0. The van der Waals surface area contributed by atoms with Crippen LogP contribution in [0, 0.1) is 0 Å². The van der Waals surface area contributed by atoms with Crippen molar-refractivity contribution in [3.63, 3.8) is 0 Å². The van der Waals surface area contributed by atoms with Crippen LogP contribution in [0.4, 0.5) is 0 Å². The van der Waals surface area contributed by atoms with Crippen LogP contribution < -0.4 is 10.1 Å². The van der Waals surface area contributed by atoms with Crippen LogP contribution in [-0.2, 0) is 22.5 Å². The normalized spacial score (nSPS) is 19.9. The number of hydrogen-bond donors (Lipinski definition) is 1. The highest BCUT2D eigenvalue weighted by molar-refractivity contribution is 6.22. The Morgan fingerprint density at radius 3 is 3.04 bits per heavy atom. The van der Waals surface area contributed by atoms with Crippen molar-refractivity contribution in [3.05, 3.63) is 52.8 Å². The van der Waals surface area contributed by atoms with Gasteiger partial charge in [0.15, 0.2) is 6.10 Å². The molecule has 1 N–H and O–H groups in total. The predicted molar refractivity (Wildman–Crippen MR) is 108 cm³/mol. The molecule has 2 unspecified atom stereocenters. The molecule has 146 valence electrons. The van der Waals surface area contributed by atoms with Crippen molar-refractivity contribution in [2.24, 2.45) is 0 Å². The summed E-state index contributed by atoms with van der Waals surface area (Å²) in [5, 5.41) is 3.02. The maximum absolute atomic E-state index is 12.6. The minimum absolute atomic E-state index is 0.00851. The van der Waals surface area contributed by atoms with Crippen LogP contribution in [0.15, 0.2) is 41.7 Å². The second-order valence-corrected chi connectivity index (χ2v) is 7.59. The average molecular weight is 390 g/mol. The van der Waals surface area contributed by atoms with Crippen LogP contribution in [0.2, 0.25) is 0 Å². The number of fused-ring (bicyclic) bond motifs is 1. The third-order valence-electron chi connectivity index (χ3n) is 5.05. The smallest absolute Gasteiger partial charge is 0.261 e. The molecule has 27 heavy (non-hydrogen) atoms. The van der Waals surface area contributed by atoms with E-state index < -0.39 is 6.10 Å². The molecule has 5 heteroatoms. The number of carbonyl (C=O) groups is 1. The Bertz CT molecular complexity index is 741. The number of halogens is 1. The lowest BCUT2D eigenvalue weighted by Gasteiger charge is -2.23. The van der Waals surface area contributed by atoms with E-state index in [0.29, 0.717) is 13.0 Å². The first-order valence-electron chi connectivity index (χ1n) is 9.84. The molecule has 1 aliphatic carbocycles. The van der Waals surface area contributed by atoms with Crippen molar-refractivity contribution < 1.29 is 14.3 Å². The molecule has 2 aliphatic rings. The number of alkyl halides is 1. The van der Waals surface area contributed by atoms with E-state index in [1.54, 1.807) is 0 Å². The van der Waals surface area contributed by atoms with Gasteiger partial charge < -0.3 is 14.8 Å². The summed E-state index contributed by atoms with van der Waals surface area (Å²) >= 11 is 6.19. The molecule has 0 spiro atoms. The largest absolute Gasteiger partial charge is 0.493 e. The summed E-state index contributed by atoms with van der Waals surface area (Å²) in [5.74, 6) is 1.67. The molecule has 0 saturated heterocycles. The first-order valence-corrected chi connectivity index (χ1v) is 10.3. The number of hydrogen-bond acceptors (Lipinski definition) is 3. The first kappa shape index (κ1) is 19.8. The number of aryl methyl sites for hydroxylation is 1. The first-order chi connectivity index (χ1) is 13.1. The molecular formula is C22H28ClNO3. The Kier molecular flexibility index (Phi) is 6.84. The van der Waals surface area contributed by atoms with Crippen LogP contribution in [0.1, 0.15) is 50.7 Å². The van der Waals surface area contributed by atoms with Gasteiger partial charge >= 0.3 is 0 Å². The maximum Gasteiger partial charge on any atom is 0.261 e. The molecule has 0 radical (unpaired) electrons. The van der Waals surface area contributed by atoms with Gasteiger partial charge in [-0.1, -0.05) is 32.1 Å². The van der Waals surface area contributed by atoms with Gasteiger partial charge in [-0.3, -0.25) is 4.79 Å². The monoisotopic (exact) mass is 389 g/mol. The van der Waals surface area contributed by atoms with Crippen molar-refractivity contribution in [2.75, 3.05) is 6.61 Å². The van der Waals surface area contributed by atoms with Crippen molar-refractivity contribution in [1.29, 1.82) is 0 Å². The summed E-state index contributed by atoms with van der Waals surface area (Å²) in [6, 6.07) is 6.13. The highest BCUT2D eigenvalue weighted by Crippen LogP contribution is 2.27. The van der Waals surface area contributed by atoms with Crippen LogP contribution in [0.3, 0.4) is 0 Å². The topological polar surface area (TPSA) is 47.6 Å². The van der Waals surface area contributed by atoms with Gasteiger partial charge in [0.05, 0.1) is 12.0 Å². The Morgan fingerprint density at radius 2 is 2.26 bits per heavy atom. The Balaban J connectivity index is 1.60. The Labute approximate surface area is 166 Å². The Morgan fingerprint density at radius 1 is 1.41 bits per heavy atom. The van der Waals surface area contributed by atoms with Gasteiger partial charge in [-0.15, -0.1) is 11.6 Å². The molecule has 1 heterocycles. The highest BCUT2D eigenvalue weighted by atomic mass is 35.5. The van der Waals surface area contributed by atoms with Crippen LogP contribution in [0.25, 0.3) is 0 Å². The number of benzene rings is 1. The van der Waals surface area contributed by atoms with E-state index in [9.17, 15) is 4.79 Å². The summed E-state index contributed by atoms with van der Waals surface area (Å²) in [5.41, 5.74) is 3.47. The third-order valence-corrected chi connectivity index (χ3v) is 5.34. The molecule has 3 rings (SSSR count). The molecule has 2 atom stereocenters. The van der Waals surface area contributed by atoms with Crippen molar-refractivity contribution in [3.8, 4) is 5.75 Å². The summed E-state index contributed by atoms with van der Waals surface area (Å²) in [4.78, 5) is 12.6. The molecule has 1 aromatic rings. The zero-order chi connectivity index (χ0) is 19.2. The second-order valence-electron chi connectivity index (χ2n) is 7.03. The molecule has 0 saturated carbocycles. The number of amides is 1. The van der Waals surface area contributed by atoms with Gasteiger partial charge in [0, 0.05) is 6.54 Å². The molecule has 1 aliphatic heterocycles. The SMILES string of the molecule is CCC1=C(OC(CC)C(=O)NCc2ccc3c(c2)CCCO3)C=CC(Cl)C1. The number of carbonyl (C=O) groups excluding carboxylic acids is 1. The quantitative estimate of drug-likeness (QED) is 0.690. The summed E-state index contributed by atoms with van der Waals surface area (Å²) in [6.45, 7) is 5.32. The van der Waals surface area contributed by atoms with E-state index in [4.69, 9.17) is 21.1 Å². The van der Waals surface area contributed by atoms with E-state index in [0.717, 1.165) is 49.4 Å². The van der Waals surface area contributed by atoms with Crippen LogP contribution in [-0.4, -0.2) is 24.0 Å². The van der Waals surface area contributed by atoms with Crippen molar-refractivity contribution in [2.45, 2.75) is 64.0 Å². The van der Waals surface area contributed by atoms with Gasteiger partial charge in [-0.2, -0.15) is 0 Å². The zero-order valence-electron chi connectivity index (χ0n) is 16.1. The van der Waals surface area contributed by atoms with Crippen molar-refractivity contribution in [1.82, 2.24) is 5.32 Å². The highest BCUT2D eigenvalue weighted by Gasteiger charge is 2.22. The fourth-order valence-corrected chi connectivity index (χ4v) is 3.72. The summed E-state index contributed by atoms with van der Waals surface area (Å²) in [6.07, 6.45) is 7.66. The lowest BCUT2D eigenvalue weighted by Crippen LogP contribution is -2.35. The van der Waals surface area contributed by atoms with Gasteiger partial charge in [-0.25, -0.2) is 0 Å². The number of nitrogens with one attached hydrogen (secondary N) is 1. The number of rotatable bonds is 7. The number of ether oxygens (including phenoxy) is 2. The molecule has 0 bridgehead atoms. The molecule has 0 fully saturated rings. The minimum Gasteiger partial charge on any atom is -0.493 e.